The van der Waals surface area contributed by atoms with Gasteiger partial charge in [-0.2, -0.15) is 0 Å². The molecule has 0 aliphatic heterocycles. The van der Waals surface area contributed by atoms with Gasteiger partial charge in [-0.25, -0.2) is 4.79 Å². The minimum atomic E-state index is -0.937. The molecule has 0 fully saturated rings. The summed E-state index contributed by atoms with van der Waals surface area (Å²) in [6, 6.07) is 12.0. The molecule has 0 saturated heterocycles. The number of rotatable bonds is 3. The van der Waals surface area contributed by atoms with Crippen LogP contribution in [-0.2, 0) is 0 Å². The van der Waals surface area contributed by atoms with Crippen molar-refractivity contribution in [1.29, 1.82) is 0 Å². The first-order valence-corrected chi connectivity index (χ1v) is 6.29. The van der Waals surface area contributed by atoms with Crippen LogP contribution in [0, 0.1) is 0 Å². The van der Waals surface area contributed by atoms with Gasteiger partial charge in [-0.1, -0.05) is 11.6 Å². The molecule has 0 bridgehead atoms. The smallest absolute Gasteiger partial charge is 0.335 e. The van der Waals surface area contributed by atoms with Crippen LogP contribution in [0.15, 0.2) is 46.9 Å². The maximum Gasteiger partial charge on any atom is 0.335 e. The summed E-state index contributed by atoms with van der Waals surface area (Å²) in [4.78, 5) is 10.7. The van der Waals surface area contributed by atoms with Gasteiger partial charge in [0.2, 0.25) is 0 Å². The van der Waals surface area contributed by atoms with E-state index in [-0.39, 0.29) is 5.56 Å². The number of hydrogen-bond acceptors (Lipinski definition) is 2. The number of nitrogens with one attached hydrogen (secondary N) is 1. The molecule has 0 saturated carbocycles. The van der Waals surface area contributed by atoms with Gasteiger partial charge < -0.3 is 10.4 Å². The van der Waals surface area contributed by atoms with Crippen molar-refractivity contribution < 1.29 is 9.90 Å². The van der Waals surface area contributed by atoms with Crippen LogP contribution in [0.1, 0.15) is 10.4 Å². The van der Waals surface area contributed by atoms with Gasteiger partial charge in [0, 0.05) is 15.8 Å². The van der Waals surface area contributed by atoms with E-state index in [2.05, 4.69) is 21.2 Å². The van der Waals surface area contributed by atoms with Gasteiger partial charge in [0.1, 0.15) is 0 Å². The Morgan fingerprint density at radius 3 is 2.28 bits per heavy atom. The van der Waals surface area contributed by atoms with Crippen molar-refractivity contribution in [1.82, 2.24) is 0 Å². The molecule has 0 spiro atoms. The van der Waals surface area contributed by atoms with Crippen molar-refractivity contribution in [3.8, 4) is 0 Å². The Labute approximate surface area is 118 Å². The Hall–Kier alpha value is -1.52. The highest BCUT2D eigenvalue weighted by atomic mass is 79.9. The molecular weight excluding hydrogens is 318 g/mol. The van der Waals surface area contributed by atoms with E-state index in [1.807, 2.05) is 12.1 Å². The summed E-state index contributed by atoms with van der Waals surface area (Å²) in [7, 11) is 0. The van der Waals surface area contributed by atoms with Crippen molar-refractivity contribution in [3.63, 3.8) is 0 Å². The fraction of sp³-hybridized carbons (Fsp3) is 0. The van der Waals surface area contributed by atoms with E-state index >= 15 is 0 Å². The van der Waals surface area contributed by atoms with Crippen LogP contribution in [0.3, 0.4) is 0 Å². The third-order valence-corrected chi connectivity index (χ3v) is 3.57. The lowest BCUT2D eigenvalue weighted by Crippen LogP contribution is -1.96. The van der Waals surface area contributed by atoms with E-state index in [0.29, 0.717) is 5.02 Å². The molecule has 2 rings (SSSR count). The number of carbonyl (C=O) groups is 1. The van der Waals surface area contributed by atoms with E-state index in [9.17, 15) is 4.79 Å². The zero-order valence-electron chi connectivity index (χ0n) is 9.15. The normalized spacial score (nSPS) is 10.1. The highest BCUT2D eigenvalue weighted by Gasteiger charge is 2.03. The van der Waals surface area contributed by atoms with Gasteiger partial charge in [-0.15, -0.1) is 0 Å². The maximum absolute atomic E-state index is 10.7. The molecule has 0 unspecified atom stereocenters. The monoisotopic (exact) mass is 325 g/mol. The van der Waals surface area contributed by atoms with Crippen LogP contribution in [0.4, 0.5) is 11.4 Å². The maximum atomic E-state index is 10.7. The molecule has 0 amide bonds. The van der Waals surface area contributed by atoms with Gasteiger partial charge >= 0.3 is 5.97 Å². The molecule has 3 nitrogen and oxygen atoms in total. The van der Waals surface area contributed by atoms with E-state index in [1.165, 1.54) is 0 Å². The zero-order chi connectivity index (χ0) is 13.1. The first kappa shape index (κ1) is 12.9. The largest absolute Gasteiger partial charge is 0.478 e. The predicted octanol–water partition coefficient (Wildman–Crippen LogP) is 4.54. The van der Waals surface area contributed by atoms with Crippen LogP contribution in [0.2, 0.25) is 5.02 Å². The van der Waals surface area contributed by atoms with Crippen molar-refractivity contribution in [2.45, 2.75) is 0 Å². The molecule has 0 heterocycles. The first-order chi connectivity index (χ1) is 8.56. The van der Waals surface area contributed by atoms with Gasteiger partial charge in [0.15, 0.2) is 0 Å². The van der Waals surface area contributed by atoms with Gasteiger partial charge in [0.25, 0.3) is 0 Å². The second-order valence-corrected chi connectivity index (χ2v) is 4.90. The second-order valence-electron chi connectivity index (χ2n) is 3.64. The number of halogens is 2. The summed E-state index contributed by atoms with van der Waals surface area (Å²) in [5, 5.41) is 12.5. The van der Waals surface area contributed by atoms with Crippen molar-refractivity contribution >= 4 is 44.9 Å². The van der Waals surface area contributed by atoms with Gasteiger partial charge in [0.05, 0.1) is 10.6 Å². The average Bonchev–Trinajstić information content (AvgIpc) is 2.34. The molecule has 0 radical (unpaired) electrons. The van der Waals surface area contributed by atoms with Crippen molar-refractivity contribution in [2.75, 3.05) is 5.32 Å². The van der Waals surface area contributed by atoms with Crippen LogP contribution in [-0.4, -0.2) is 11.1 Å². The van der Waals surface area contributed by atoms with Crippen LogP contribution in [0.5, 0.6) is 0 Å². The third kappa shape index (κ3) is 3.03. The summed E-state index contributed by atoms with van der Waals surface area (Å²) in [5.41, 5.74) is 1.90. The summed E-state index contributed by atoms with van der Waals surface area (Å²) in [6.45, 7) is 0. The first-order valence-electron chi connectivity index (χ1n) is 5.12. The minimum absolute atomic E-state index is 0.259. The molecule has 0 aliphatic carbocycles. The van der Waals surface area contributed by atoms with Crippen molar-refractivity contribution in [2.24, 2.45) is 0 Å². The molecule has 92 valence electrons. The molecule has 2 N–H and O–H groups in total. The van der Waals surface area contributed by atoms with Gasteiger partial charge in [-0.3, -0.25) is 0 Å². The highest BCUT2D eigenvalue weighted by molar-refractivity contribution is 9.10. The summed E-state index contributed by atoms with van der Waals surface area (Å²) >= 11 is 9.30. The zero-order valence-corrected chi connectivity index (χ0v) is 11.5. The number of hydrogen-bond donors (Lipinski definition) is 2. The predicted molar refractivity (Wildman–Crippen MR) is 75.8 cm³/mol. The Balaban J connectivity index is 2.18. The van der Waals surface area contributed by atoms with E-state index in [0.717, 1.165) is 15.8 Å². The quantitative estimate of drug-likeness (QED) is 0.870. The lowest BCUT2D eigenvalue weighted by molar-refractivity contribution is 0.0697. The topological polar surface area (TPSA) is 49.3 Å². The molecule has 2 aromatic rings. The fourth-order valence-electron chi connectivity index (χ4n) is 1.44. The second kappa shape index (κ2) is 5.42. The van der Waals surface area contributed by atoms with Crippen LogP contribution >= 0.6 is 27.5 Å². The molecule has 0 atom stereocenters. The number of carboxylic acids is 1. The number of aromatic carboxylic acids is 1. The molecular formula is C13H9BrClNO2. The van der Waals surface area contributed by atoms with Crippen LogP contribution in [0.25, 0.3) is 0 Å². The molecule has 0 aliphatic rings. The van der Waals surface area contributed by atoms with Gasteiger partial charge in [-0.05, 0) is 58.4 Å². The average molecular weight is 327 g/mol. The number of anilines is 2. The Bertz CT molecular complexity index is 584. The lowest BCUT2D eigenvalue weighted by Gasteiger charge is -2.07. The Morgan fingerprint density at radius 1 is 1.11 bits per heavy atom. The fourth-order valence-corrected chi connectivity index (χ4v) is 1.86. The molecule has 2 aromatic carbocycles. The summed E-state index contributed by atoms with van der Waals surface area (Å²) in [6.07, 6.45) is 0. The minimum Gasteiger partial charge on any atom is -0.478 e. The SMILES string of the molecule is O=C(O)c1ccc(Nc2ccc(Br)c(Cl)c2)cc1. The third-order valence-electron chi connectivity index (χ3n) is 2.34. The van der Waals surface area contributed by atoms with Crippen LogP contribution < -0.4 is 5.32 Å². The standard InChI is InChI=1S/C13H9BrClNO2/c14-11-6-5-10(7-12(11)15)16-9-3-1-8(2-4-9)13(17)18/h1-7,16H,(H,17,18). The molecule has 0 aromatic heterocycles. The highest BCUT2D eigenvalue weighted by Crippen LogP contribution is 2.27. The molecule has 5 heteroatoms. The number of benzene rings is 2. The lowest BCUT2D eigenvalue weighted by atomic mass is 10.2. The van der Waals surface area contributed by atoms with E-state index in [1.54, 1.807) is 30.3 Å². The van der Waals surface area contributed by atoms with E-state index < -0.39 is 5.97 Å². The summed E-state index contributed by atoms with van der Waals surface area (Å²) in [5.74, 6) is -0.937. The summed E-state index contributed by atoms with van der Waals surface area (Å²) < 4.78 is 0.830. The van der Waals surface area contributed by atoms with E-state index in [4.69, 9.17) is 16.7 Å². The molecule has 18 heavy (non-hydrogen) atoms. The number of carboxylic acid groups (broad SMARTS) is 1. The van der Waals surface area contributed by atoms with Crippen molar-refractivity contribution in [3.05, 3.63) is 57.5 Å². The Kier molecular flexibility index (Phi) is 3.89. The Morgan fingerprint density at radius 2 is 1.72 bits per heavy atom.